The summed E-state index contributed by atoms with van der Waals surface area (Å²) in [7, 11) is 0. The smallest absolute Gasteiger partial charge is 0.127 e. The maximum absolute atomic E-state index is 10.7. The number of carbonyl (C=O) groups is 1. The van der Waals surface area contributed by atoms with Crippen LogP contribution in [0, 0.1) is 5.92 Å². The van der Waals surface area contributed by atoms with E-state index >= 15 is 0 Å². The predicted octanol–water partition coefficient (Wildman–Crippen LogP) is 3.88. The number of aldehydes is 1. The van der Waals surface area contributed by atoms with Gasteiger partial charge in [0.1, 0.15) is 6.29 Å². The van der Waals surface area contributed by atoms with Crippen molar-refractivity contribution in [3.8, 4) is 0 Å². The molecule has 0 aliphatic heterocycles. The highest BCUT2D eigenvalue weighted by molar-refractivity contribution is 5.59. The van der Waals surface area contributed by atoms with Gasteiger partial charge in [-0.25, -0.2) is 0 Å². The molecule has 1 aliphatic rings. The fourth-order valence-electron chi connectivity index (χ4n) is 2.16. The molecule has 80 valence electrons. The van der Waals surface area contributed by atoms with Gasteiger partial charge in [0, 0.05) is 5.92 Å². The summed E-state index contributed by atoms with van der Waals surface area (Å²) in [5, 5.41) is 0. The van der Waals surface area contributed by atoms with Crippen LogP contribution in [0.25, 0.3) is 0 Å². The molecule has 1 fully saturated rings. The molecule has 1 aliphatic carbocycles. The van der Waals surface area contributed by atoms with Crippen molar-refractivity contribution in [2.45, 2.75) is 58.3 Å². The van der Waals surface area contributed by atoms with E-state index in [9.17, 15) is 4.79 Å². The SMILES string of the molecule is CCCCCC/C=C1\CCC[C@H]1C=O. The summed E-state index contributed by atoms with van der Waals surface area (Å²) >= 11 is 0. The molecule has 0 bridgehead atoms. The lowest BCUT2D eigenvalue weighted by Crippen LogP contribution is -1.97. The van der Waals surface area contributed by atoms with Crippen LogP contribution in [0.15, 0.2) is 11.6 Å². The van der Waals surface area contributed by atoms with Crippen LogP contribution in [-0.4, -0.2) is 6.29 Å². The van der Waals surface area contributed by atoms with Crippen molar-refractivity contribution >= 4 is 6.29 Å². The van der Waals surface area contributed by atoms with Gasteiger partial charge < -0.3 is 4.79 Å². The van der Waals surface area contributed by atoms with E-state index in [2.05, 4.69) is 13.0 Å². The minimum absolute atomic E-state index is 0.265. The fraction of sp³-hybridized carbons (Fsp3) is 0.769. The van der Waals surface area contributed by atoms with E-state index in [4.69, 9.17) is 0 Å². The van der Waals surface area contributed by atoms with E-state index in [1.807, 2.05) is 0 Å². The van der Waals surface area contributed by atoms with E-state index in [-0.39, 0.29) is 5.92 Å². The van der Waals surface area contributed by atoms with Gasteiger partial charge in [-0.15, -0.1) is 0 Å². The fourth-order valence-corrected chi connectivity index (χ4v) is 2.16. The Morgan fingerprint density at radius 1 is 1.36 bits per heavy atom. The molecular formula is C13H22O. The van der Waals surface area contributed by atoms with Crippen LogP contribution < -0.4 is 0 Å². The van der Waals surface area contributed by atoms with Gasteiger partial charge in [-0.1, -0.05) is 37.8 Å². The second kappa shape index (κ2) is 6.80. The first-order valence-corrected chi connectivity index (χ1v) is 6.02. The standard InChI is InChI=1S/C13H22O/c1-2-3-4-5-6-8-12-9-7-10-13(12)11-14/h8,11,13H,2-7,9-10H2,1H3/b12-8+/t13-/m0/s1. The van der Waals surface area contributed by atoms with Crippen molar-refractivity contribution in [1.82, 2.24) is 0 Å². The second-order valence-electron chi connectivity index (χ2n) is 4.26. The summed E-state index contributed by atoms with van der Waals surface area (Å²) < 4.78 is 0. The highest BCUT2D eigenvalue weighted by atomic mass is 16.1. The van der Waals surface area contributed by atoms with Gasteiger partial charge in [0.05, 0.1) is 0 Å². The predicted molar refractivity (Wildman–Crippen MR) is 60.2 cm³/mol. The zero-order valence-electron chi connectivity index (χ0n) is 9.30. The van der Waals surface area contributed by atoms with Gasteiger partial charge in [-0.2, -0.15) is 0 Å². The molecule has 1 saturated carbocycles. The van der Waals surface area contributed by atoms with Gasteiger partial charge in [0.2, 0.25) is 0 Å². The largest absolute Gasteiger partial charge is 0.303 e. The van der Waals surface area contributed by atoms with Crippen LogP contribution in [0.4, 0.5) is 0 Å². The molecule has 14 heavy (non-hydrogen) atoms. The third-order valence-corrected chi connectivity index (χ3v) is 3.09. The minimum atomic E-state index is 0.265. The molecule has 0 saturated heterocycles. The molecular weight excluding hydrogens is 172 g/mol. The van der Waals surface area contributed by atoms with Gasteiger partial charge in [0.25, 0.3) is 0 Å². The summed E-state index contributed by atoms with van der Waals surface area (Å²) in [6, 6.07) is 0. The maximum atomic E-state index is 10.7. The molecule has 0 aromatic carbocycles. The van der Waals surface area contributed by atoms with Crippen LogP contribution in [0.1, 0.15) is 58.3 Å². The second-order valence-corrected chi connectivity index (χ2v) is 4.26. The zero-order valence-corrected chi connectivity index (χ0v) is 9.30. The quantitative estimate of drug-likeness (QED) is 0.356. The molecule has 0 N–H and O–H groups in total. The maximum Gasteiger partial charge on any atom is 0.127 e. The Morgan fingerprint density at radius 3 is 2.93 bits per heavy atom. The Labute approximate surface area is 87.6 Å². The van der Waals surface area contributed by atoms with E-state index in [0.29, 0.717) is 0 Å². The number of carbonyl (C=O) groups excluding carboxylic acids is 1. The topological polar surface area (TPSA) is 17.1 Å². The first-order valence-electron chi connectivity index (χ1n) is 6.02. The van der Waals surface area contributed by atoms with E-state index < -0.39 is 0 Å². The Balaban J connectivity index is 2.19. The molecule has 1 nitrogen and oxygen atoms in total. The van der Waals surface area contributed by atoms with E-state index in [0.717, 1.165) is 19.1 Å². The lowest BCUT2D eigenvalue weighted by Gasteiger charge is -2.02. The monoisotopic (exact) mass is 194 g/mol. The summed E-state index contributed by atoms with van der Waals surface area (Å²) in [6.45, 7) is 2.23. The molecule has 1 heteroatoms. The highest BCUT2D eigenvalue weighted by Gasteiger charge is 2.18. The molecule has 0 radical (unpaired) electrons. The molecule has 0 unspecified atom stereocenters. The summed E-state index contributed by atoms with van der Waals surface area (Å²) in [5.74, 6) is 0.265. The number of hydrogen-bond donors (Lipinski definition) is 0. The lowest BCUT2D eigenvalue weighted by atomic mass is 10.0. The van der Waals surface area contributed by atoms with Crippen LogP contribution >= 0.6 is 0 Å². The third-order valence-electron chi connectivity index (χ3n) is 3.09. The first-order chi connectivity index (χ1) is 6.88. The van der Waals surface area contributed by atoms with Gasteiger partial charge >= 0.3 is 0 Å². The van der Waals surface area contributed by atoms with Crippen molar-refractivity contribution in [3.63, 3.8) is 0 Å². The van der Waals surface area contributed by atoms with Crippen LogP contribution in [0.3, 0.4) is 0 Å². The van der Waals surface area contributed by atoms with Gasteiger partial charge in [-0.05, 0) is 32.1 Å². The van der Waals surface area contributed by atoms with Gasteiger partial charge in [-0.3, -0.25) is 0 Å². The molecule has 0 amide bonds. The summed E-state index contributed by atoms with van der Waals surface area (Å²) in [6.07, 6.45) is 13.4. The van der Waals surface area contributed by atoms with Crippen molar-refractivity contribution in [1.29, 1.82) is 0 Å². The van der Waals surface area contributed by atoms with Crippen molar-refractivity contribution in [3.05, 3.63) is 11.6 Å². The molecule has 0 aromatic rings. The van der Waals surface area contributed by atoms with Crippen LogP contribution in [0.5, 0.6) is 0 Å². The average molecular weight is 194 g/mol. The summed E-state index contributed by atoms with van der Waals surface area (Å²) in [5.41, 5.74) is 1.41. The number of rotatable bonds is 6. The number of hydrogen-bond acceptors (Lipinski definition) is 1. The lowest BCUT2D eigenvalue weighted by molar-refractivity contribution is -0.110. The zero-order chi connectivity index (χ0) is 10.2. The molecule has 1 rings (SSSR count). The van der Waals surface area contributed by atoms with Crippen molar-refractivity contribution in [2.75, 3.05) is 0 Å². The number of unbranched alkanes of at least 4 members (excludes halogenated alkanes) is 4. The summed E-state index contributed by atoms with van der Waals surface area (Å²) in [4.78, 5) is 10.7. The first kappa shape index (κ1) is 11.5. The average Bonchev–Trinajstić information content (AvgIpc) is 2.65. The Kier molecular flexibility index (Phi) is 5.58. The van der Waals surface area contributed by atoms with Crippen LogP contribution in [-0.2, 0) is 4.79 Å². The third kappa shape index (κ3) is 3.65. The van der Waals surface area contributed by atoms with Crippen molar-refractivity contribution < 1.29 is 4.79 Å². The molecule has 0 spiro atoms. The van der Waals surface area contributed by atoms with E-state index in [1.165, 1.54) is 44.1 Å². The Hall–Kier alpha value is -0.590. The van der Waals surface area contributed by atoms with Crippen molar-refractivity contribution in [2.24, 2.45) is 5.92 Å². The normalized spacial score (nSPS) is 24.4. The minimum Gasteiger partial charge on any atom is -0.303 e. The Morgan fingerprint density at radius 2 is 2.21 bits per heavy atom. The van der Waals surface area contributed by atoms with E-state index in [1.54, 1.807) is 0 Å². The number of allylic oxidation sites excluding steroid dienone is 2. The molecule has 0 aromatic heterocycles. The Bertz CT molecular complexity index is 193. The highest BCUT2D eigenvalue weighted by Crippen LogP contribution is 2.29. The molecule has 1 atom stereocenters. The van der Waals surface area contributed by atoms with Crippen LogP contribution in [0.2, 0.25) is 0 Å². The molecule has 0 heterocycles. The van der Waals surface area contributed by atoms with Gasteiger partial charge in [0.15, 0.2) is 0 Å².